The molecule has 0 aliphatic rings. The average Bonchev–Trinajstić information content (AvgIpc) is 3.18. The first kappa shape index (κ1) is 19.7. The lowest BCUT2D eigenvalue weighted by Gasteiger charge is -2.15. The van der Waals surface area contributed by atoms with Crippen LogP contribution in [0.4, 0.5) is 5.82 Å². The number of carbonyl (C=O) groups is 2. The molecule has 0 fully saturated rings. The van der Waals surface area contributed by atoms with E-state index in [4.69, 9.17) is 0 Å². The van der Waals surface area contributed by atoms with Crippen LogP contribution in [0.2, 0.25) is 0 Å². The van der Waals surface area contributed by atoms with Crippen molar-refractivity contribution in [2.45, 2.75) is 32.7 Å². The van der Waals surface area contributed by atoms with Crippen LogP contribution in [0.25, 0.3) is 0 Å². The topological polar surface area (TPSA) is 84.0 Å². The highest BCUT2D eigenvalue weighted by atomic mass is 32.1. The highest BCUT2D eigenvalue weighted by Crippen LogP contribution is 2.23. The van der Waals surface area contributed by atoms with Gasteiger partial charge in [-0.1, -0.05) is 37.3 Å². The molecule has 2 amide bonds. The largest absolute Gasteiger partial charge is 0.347 e. The second-order valence-corrected chi connectivity index (χ2v) is 7.26. The van der Waals surface area contributed by atoms with Crippen molar-refractivity contribution in [3.8, 4) is 0 Å². The number of hydrogen-bond donors (Lipinski definition) is 2. The summed E-state index contributed by atoms with van der Waals surface area (Å²) < 4.78 is 0. The molecule has 0 unspecified atom stereocenters. The van der Waals surface area contributed by atoms with Gasteiger partial charge in [-0.05, 0) is 36.1 Å². The molecule has 0 aliphatic carbocycles. The van der Waals surface area contributed by atoms with E-state index in [1.807, 2.05) is 49.4 Å². The summed E-state index contributed by atoms with van der Waals surface area (Å²) in [6.45, 7) is 3.52. The molecule has 0 radical (unpaired) electrons. The van der Waals surface area contributed by atoms with Crippen LogP contribution in [0.3, 0.4) is 0 Å². The number of pyridine rings is 1. The Hall–Kier alpha value is -3.06. The van der Waals surface area contributed by atoms with Gasteiger partial charge in [-0.3, -0.25) is 9.59 Å². The monoisotopic (exact) mass is 394 g/mol. The van der Waals surface area contributed by atoms with Crippen LogP contribution in [0.5, 0.6) is 0 Å². The zero-order valence-electron chi connectivity index (χ0n) is 15.8. The second kappa shape index (κ2) is 9.23. The standard InChI is InChI=1S/C21H22N4O2S/c1-3-15-9-10-22-19(12-15)25-20(27)18-13-28-21(24-18)17(23-14(2)26)11-16-7-5-4-6-8-16/h4-10,12-13,17H,3,11H2,1-2H3,(H,23,26)(H,22,25,27)/t17-/m0/s1. The van der Waals surface area contributed by atoms with Crippen LogP contribution in [-0.4, -0.2) is 21.8 Å². The molecule has 0 aliphatic heterocycles. The number of aromatic nitrogens is 2. The summed E-state index contributed by atoms with van der Waals surface area (Å²) in [6.07, 6.45) is 3.15. The first-order valence-electron chi connectivity index (χ1n) is 9.08. The number of anilines is 1. The number of nitrogens with zero attached hydrogens (tertiary/aromatic N) is 2. The van der Waals surface area contributed by atoms with E-state index < -0.39 is 0 Å². The van der Waals surface area contributed by atoms with Crippen molar-refractivity contribution >= 4 is 29.0 Å². The summed E-state index contributed by atoms with van der Waals surface area (Å²) in [5, 5.41) is 8.11. The van der Waals surface area contributed by atoms with E-state index in [1.165, 1.54) is 18.3 Å². The molecule has 3 rings (SSSR count). The Kier molecular flexibility index (Phi) is 6.49. The quantitative estimate of drug-likeness (QED) is 0.639. The Balaban J connectivity index is 1.75. The lowest BCUT2D eigenvalue weighted by molar-refractivity contribution is -0.119. The van der Waals surface area contributed by atoms with Gasteiger partial charge in [-0.2, -0.15) is 0 Å². The van der Waals surface area contributed by atoms with Crippen molar-refractivity contribution < 1.29 is 9.59 Å². The summed E-state index contributed by atoms with van der Waals surface area (Å²) in [7, 11) is 0. The molecular formula is C21H22N4O2S. The third-order valence-corrected chi connectivity index (χ3v) is 5.15. The predicted octanol–water partition coefficient (Wildman–Crippen LogP) is 3.77. The number of amides is 2. The van der Waals surface area contributed by atoms with E-state index in [0.29, 0.717) is 22.9 Å². The van der Waals surface area contributed by atoms with Crippen LogP contribution in [0.1, 0.15) is 46.5 Å². The summed E-state index contributed by atoms with van der Waals surface area (Å²) in [5.74, 6) is 0.0499. The highest BCUT2D eigenvalue weighted by molar-refractivity contribution is 7.10. The molecule has 0 spiro atoms. The normalized spacial score (nSPS) is 11.6. The number of thiazole rings is 1. The molecule has 6 nitrogen and oxygen atoms in total. The molecule has 1 aromatic carbocycles. The third kappa shape index (κ3) is 5.23. The van der Waals surface area contributed by atoms with Gasteiger partial charge in [0.1, 0.15) is 16.5 Å². The number of carbonyl (C=O) groups excluding carboxylic acids is 2. The molecule has 0 saturated carbocycles. The van der Waals surface area contributed by atoms with E-state index >= 15 is 0 Å². The van der Waals surface area contributed by atoms with Crippen LogP contribution in [0, 0.1) is 0 Å². The molecule has 2 aromatic heterocycles. The van der Waals surface area contributed by atoms with Crippen molar-refractivity contribution in [1.82, 2.24) is 15.3 Å². The minimum atomic E-state index is -0.315. The maximum atomic E-state index is 12.5. The van der Waals surface area contributed by atoms with E-state index in [2.05, 4.69) is 20.6 Å². The van der Waals surface area contributed by atoms with Gasteiger partial charge >= 0.3 is 0 Å². The van der Waals surface area contributed by atoms with Crippen molar-refractivity contribution in [2.24, 2.45) is 0 Å². The van der Waals surface area contributed by atoms with Crippen LogP contribution >= 0.6 is 11.3 Å². The number of hydrogen-bond acceptors (Lipinski definition) is 5. The first-order valence-corrected chi connectivity index (χ1v) is 9.96. The minimum absolute atomic E-state index is 0.136. The van der Waals surface area contributed by atoms with Crippen molar-refractivity contribution in [3.05, 3.63) is 75.9 Å². The Morgan fingerprint density at radius 1 is 1.14 bits per heavy atom. The third-order valence-electron chi connectivity index (χ3n) is 4.19. The molecule has 2 heterocycles. The van der Waals surface area contributed by atoms with Gasteiger partial charge in [0, 0.05) is 18.5 Å². The van der Waals surface area contributed by atoms with Gasteiger partial charge in [0.15, 0.2) is 0 Å². The van der Waals surface area contributed by atoms with Gasteiger partial charge in [-0.25, -0.2) is 9.97 Å². The summed E-state index contributed by atoms with van der Waals surface area (Å²) in [5.41, 5.74) is 2.49. The Labute approximate surface area is 168 Å². The molecule has 2 N–H and O–H groups in total. The van der Waals surface area contributed by atoms with E-state index in [-0.39, 0.29) is 17.9 Å². The van der Waals surface area contributed by atoms with Gasteiger partial charge in [0.2, 0.25) is 5.91 Å². The Morgan fingerprint density at radius 3 is 2.64 bits per heavy atom. The lowest BCUT2D eigenvalue weighted by atomic mass is 10.1. The number of benzene rings is 1. The molecule has 1 atom stereocenters. The summed E-state index contributed by atoms with van der Waals surface area (Å²) >= 11 is 1.36. The predicted molar refractivity (Wildman–Crippen MR) is 110 cm³/mol. The van der Waals surface area contributed by atoms with Crippen LogP contribution in [-0.2, 0) is 17.6 Å². The van der Waals surface area contributed by atoms with Crippen LogP contribution < -0.4 is 10.6 Å². The zero-order valence-corrected chi connectivity index (χ0v) is 16.6. The second-order valence-electron chi connectivity index (χ2n) is 6.37. The molecule has 144 valence electrons. The maximum Gasteiger partial charge on any atom is 0.276 e. The van der Waals surface area contributed by atoms with Crippen LogP contribution in [0.15, 0.2) is 54.0 Å². The molecule has 0 bridgehead atoms. The number of aryl methyl sites for hydroxylation is 1. The smallest absolute Gasteiger partial charge is 0.276 e. The number of rotatable bonds is 7. The first-order chi connectivity index (χ1) is 13.5. The maximum absolute atomic E-state index is 12.5. The van der Waals surface area contributed by atoms with Crippen molar-refractivity contribution in [1.29, 1.82) is 0 Å². The molecule has 7 heteroatoms. The Morgan fingerprint density at radius 2 is 1.93 bits per heavy atom. The van der Waals surface area contributed by atoms with Gasteiger partial charge in [0.25, 0.3) is 5.91 Å². The van der Waals surface area contributed by atoms with Gasteiger partial charge in [-0.15, -0.1) is 11.3 Å². The van der Waals surface area contributed by atoms with E-state index in [1.54, 1.807) is 11.6 Å². The SMILES string of the molecule is CCc1ccnc(NC(=O)c2csc([C@H](Cc3ccccc3)NC(C)=O)n2)c1. The Bertz CT molecular complexity index is 956. The van der Waals surface area contributed by atoms with E-state index in [9.17, 15) is 9.59 Å². The minimum Gasteiger partial charge on any atom is -0.347 e. The lowest BCUT2D eigenvalue weighted by Crippen LogP contribution is -2.27. The fourth-order valence-electron chi connectivity index (χ4n) is 2.79. The van der Waals surface area contributed by atoms with Crippen molar-refractivity contribution in [2.75, 3.05) is 5.32 Å². The zero-order chi connectivity index (χ0) is 19.9. The van der Waals surface area contributed by atoms with Gasteiger partial charge in [0.05, 0.1) is 6.04 Å². The highest BCUT2D eigenvalue weighted by Gasteiger charge is 2.20. The van der Waals surface area contributed by atoms with Crippen molar-refractivity contribution in [3.63, 3.8) is 0 Å². The molecule has 28 heavy (non-hydrogen) atoms. The molecular weight excluding hydrogens is 372 g/mol. The summed E-state index contributed by atoms with van der Waals surface area (Å²) in [6, 6.07) is 13.3. The average molecular weight is 395 g/mol. The van der Waals surface area contributed by atoms with Gasteiger partial charge < -0.3 is 10.6 Å². The van der Waals surface area contributed by atoms with E-state index in [0.717, 1.165) is 17.5 Å². The fraction of sp³-hybridized carbons (Fsp3) is 0.238. The molecule has 3 aromatic rings. The number of nitrogens with one attached hydrogen (secondary N) is 2. The summed E-state index contributed by atoms with van der Waals surface area (Å²) in [4.78, 5) is 32.8. The molecule has 0 saturated heterocycles. The fourth-order valence-corrected chi connectivity index (χ4v) is 3.64.